The zero-order valence-electron chi connectivity index (χ0n) is 18.0. The van der Waals surface area contributed by atoms with Crippen LogP contribution in [-0.2, 0) is 21.0 Å². The minimum atomic E-state index is -3.30. The maximum Gasteiger partial charge on any atom is 0.214 e. The molecule has 5 nitrogen and oxygen atoms in total. The molecule has 0 heterocycles. The Labute approximate surface area is 209 Å². The van der Waals surface area contributed by atoms with Crippen LogP contribution in [0.25, 0.3) is 0 Å². The van der Waals surface area contributed by atoms with E-state index in [1.54, 1.807) is 46.8 Å². The third kappa shape index (κ3) is 8.26. The lowest BCUT2D eigenvalue weighted by Gasteiger charge is -2.25. The standard InChI is InChI=1S/C20H25Cl3N2O3S2.C2H2/c1-3-24(4-2)30(27,28)14-6-5-13-25(20-15-17(22)9-12-19(20)23)29(26)18-10-7-16(21)8-11-18;1-2/h7-12,15H,3-6,13-14H2,1-2H3;1-2H. The van der Waals surface area contributed by atoms with E-state index >= 15 is 0 Å². The molecule has 0 saturated carbocycles. The Kier molecular flexibility index (Phi) is 12.7. The maximum absolute atomic E-state index is 13.3. The second-order valence-corrected chi connectivity index (χ2v) is 11.3. The minimum absolute atomic E-state index is 0.0410. The monoisotopic (exact) mass is 536 g/mol. The summed E-state index contributed by atoms with van der Waals surface area (Å²) in [5.74, 6) is 0.0410. The summed E-state index contributed by atoms with van der Waals surface area (Å²) in [5.41, 5.74) is 0.532. The number of halogens is 3. The van der Waals surface area contributed by atoms with Crippen molar-refractivity contribution >= 4 is 61.5 Å². The van der Waals surface area contributed by atoms with Crippen LogP contribution in [0.1, 0.15) is 26.7 Å². The number of sulfonamides is 1. The van der Waals surface area contributed by atoms with Gasteiger partial charge in [-0.05, 0) is 55.3 Å². The van der Waals surface area contributed by atoms with Gasteiger partial charge in [0, 0.05) is 29.7 Å². The summed E-state index contributed by atoms with van der Waals surface area (Å²) in [4.78, 5) is 0.561. The lowest BCUT2D eigenvalue weighted by molar-refractivity contribution is 0.443. The van der Waals surface area contributed by atoms with Crippen molar-refractivity contribution in [1.29, 1.82) is 0 Å². The van der Waals surface area contributed by atoms with E-state index in [-0.39, 0.29) is 5.75 Å². The number of rotatable bonds is 11. The summed E-state index contributed by atoms with van der Waals surface area (Å²) in [7, 11) is -4.86. The number of anilines is 1. The van der Waals surface area contributed by atoms with Crippen LogP contribution in [0.15, 0.2) is 47.4 Å². The molecule has 2 aromatic carbocycles. The Hall–Kier alpha value is -1.27. The average molecular weight is 538 g/mol. The third-order valence-corrected chi connectivity index (χ3v) is 8.87. The molecule has 0 spiro atoms. The highest BCUT2D eigenvalue weighted by Crippen LogP contribution is 2.32. The van der Waals surface area contributed by atoms with E-state index < -0.39 is 21.0 Å². The maximum atomic E-state index is 13.3. The molecular weight excluding hydrogens is 511 g/mol. The van der Waals surface area contributed by atoms with Crippen LogP contribution >= 0.6 is 34.8 Å². The molecule has 1 unspecified atom stereocenters. The van der Waals surface area contributed by atoms with Crippen molar-refractivity contribution in [1.82, 2.24) is 4.31 Å². The molecule has 10 heteroatoms. The summed E-state index contributed by atoms with van der Waals surface area (Å²) in [6, 6.07) is 11.7. The predicted octanol–water partition coefficient (Wildman–Crippen LogP) is 5.88. The quantitative estimate of drug-likeness (QED) is 0.266. The van der Waals surface area contributed by atoms with Crippen LogP contribution in [0.4, 0.5) is 5.69 Å². The molecule has 32 heavy (non-hydrogen) atoms. The Morgan fingerprint density at radius 2 is 1.47 bits per heavy atom. The molecule has 0 fully saturated rings. The number of hydrogen-bond acceptors (Lipinski definition) is 3. The second-order valence-electron chi connectivity index (χ2n) is 6.51. The number of terminal acetylenes is 1. The molecular formula is C22H27Cl3N2O3S2. The van der Waals surface area contributed by atoms with Crippen LogP contribution in [-0.4, -0.2) is 42.3 Å². The van der Waals surface area contributed by atoms with Crippen LogP contribution in [0.3, 0.4) is 0 Å². The highest BCUT2D eigenvalue weighted by Gasteiger charge is 2.21. The molecule has 0 aromatic heterocycles. The third-order valence-electron chi connectivity index (χ3n) is 4.50. The molecule has 1 atom stereocenters. The molecule has 0 aliphatic rings. The van der Waals surface area contributed by atoms with Gasteiger partial charge in [-0.25, -0.2) is 16.9 Å². The zero-order chi connectivity index (χ0) is 24.3. The molecule has 176 valence electrons. The van der Waals surface area contributed by atoms with Crippen molar-refractivity contribution in [3.8, 4) is 12.8 Å². The van der Waals surface area contributed by atoms with Gasteiger partial charge < -0.3 is 0 Å². The molecule has 0 bridgehead atoms. The molecule has 0 amide bonds. The van der Waals surface area contributed by atoms with E-state index in [0.29, 0.717) is 58.1 Å². The van der Waals surface area contributed by atoms with Crippen molar-refractivity contribution in [3.63, 3.8) is 0 Å². The first-order valence-corrected chi connectivity index (χ1v) is 13.8. The first-order valence-electron chi connectivity index (χ1n) is 9.90. The van der Waals surface area contributed by atoms with E-state index in [0.717, 1.165) is 0 Å². The van der Waals surface area contributed by atoms with Crippen molar-refractivity contribution in [2.24, 2.45) is 0 Å². The second kappa shape index (κ2) is 14.1. The van der Waals surface area contributed by atoms with Gasteiger partial charge in [0.1, 0.15) is 0 Å². The van der Waals surface area contributed by atoms with E-state index in [4.69, 9.17) is 34.8 Å². The molecule has 2 rings (SSSR count). The highest BCUT2D eigenvalue weighted by atomic mass is 35.5. The van der Waals surface area contributed by atoms with Gasteiger partial charge in [-0.2, -0.15) is 0 Å². The minimum Gasteiger partial charge on any atom is -0.286 e. The van der Waals surface area contributed by atoms with Crippen LogP contribution in [0, 0.1) is 12.8 Å². The van der Waals surface area contributed by atoms with Crippen molar-refractivity contribution < 1.29 is 12.6 Å². The Bertz CT molecular complexity index is 1010. The fourth-order valence-corrected chi connectivity index (χ4v) is 6.36. The molecule has 0 N–H and O–H groups in total. The number of hydrogen-bond donors (Lipinski definition) is 0. The zero-order valence-corrected chi connectivity index (χ0v) is 21.9. The van der Waals surface area contributed by atoms with E-state index in [9.17, 15) is 12.6 Å². The predicted molar refractivity (Wildman–Crippen MR) is 138 cm³/mol. The summed E-state index contributed by atoms with van der Waals surface area (Å²) < 4.78 is 41.2. The van der Waals surface area contributed by atoms with Crippen LogP contribution in [0.5, 0.6) is 0 Å². The molecule has 2 aromatic rings. The Morgan fingerprint density at radius 3 is 2.03 bits per heavy atom. The summed E-state index contributed by atoms with van der Waals surface area (Å²) in [6.45, 7) is 4.88. The lowest BCUT2D eigenvalue weighted by atomic mass is 10.3. The van der Waals surface area contributed by atoms with Gasteiger partial charge in [-0.15, -0.1) is 12.8 Å². The molecule has 0 radical (unpaired) electrons. The molecule has 0 aliphatic heterocycles. The van der Waals surface area contributed by atoms with E-state index in [1.807, 2.05) is 13.8 Å². The fourth-order valence-electron chi connectivity index (χ4n) is 2.93. The SMILES string of the molecule is C#C.CCN(CC)S(=O)(=O)CCCCN(c1cc(Cl)ccc1Cl)S(=O)c1ccc(Cl)cc1. The first kappa shape index (κ1) is 28.8. The Morgan fingerprint density at radius 1 is 0.906 bits per heavy atom. The first-order chi connectivity index (χ1) is 15.2. The average Bonchev–Trinajstić information content (AvgIpc) is 2.78. The summed E-state index contributed by atoms with van der Waals surface area (Å²) in [5, 5.41) is 1.43. The fraction of sp³-hybridized carbons (Fsp3) is 0.364. The normalized spacial score (nSPS) is 12.1. The topological polar surface area (TPSA) is 57.7 Å². The van der Waals surface area contributed by atoms with Crippen LogP contribution < -0.4 is 4.31 Å². The van der Waals surface area contributed by atoms with Gasteiger partial charge in [0.05, 0.1) is 21.4 Å². The number of nitrogens with zero attached hydrogens (tertiary/aromatic N) is 2. The van der Waals surface area contributed by atoms with Crippen molar-refractivity contribution in [3.05, 3.63) is 57.5 Å². The summed E-state index contributed by atoms with van der Waals surface area (Å²) in [6.07, 6.45) is 8.95. The lowest BCUT2D eigenvalue weighted by Crippen LogP contribution is -2.33. The smallest absolute Gasteiger partial charge is 0.214 e. The Balaban J connectivity index is 0.00000249. The number of benzene rings is 2. The van der Waals surface area contributed by atoms with E-state index in [1.165, 1.54) is 4.31 Å². The van der Waals surface area contributed by atoms with Gasteiger partial charge >= 0.3 is 0 Å². The van der Waals surface area contributed by atoms with Crippen LogP contribution in [0.2, 0.25) is 15.1 Å². The summed E-state index contributed by atoms with van der Waals surface area (Å²) >= 11 is 18.4. The van der Waals surface area contributed by atoms with Gasteiger partial charge in [-0.1, -0.05) is 48.7 Å². The van der Waals surface area contributed by atoms with Gasteiger partial charge in [0.2, 0.25) is 10.0 Å². The van der Waals surface area contributed by atoms with Gasteiger partial charge in [-0.3, -0.25) is 4.31 Å². The van der Waals surface area contributed by atoms with E-state index in [2.05, 4.69) is 12.8 Å². The van der Waals surface area contributed by atoms with Crippen molar-refractivity contribution in [2.45, 2.75) is 31.6 Å². The van der Waals surface area contributed by atoms with Gasteiger partial charge in [0.15, 0.2) is 11.0 Å². The highest BCUT2D eigenvalue weighted by molar-refractivity contribution is 7.89. The largest absolute Gasteiger partial charge is 0.286 e. The molecule has 0 aliphatic carbocycles. The number of unbranched alkanes of at least 4 members (excludes halogenated alkanes) is 1. The molecule has 0 saturated heterocycles. The van der Waals surface area contributed by atoms with Gasteiger partial charge in [0.25, 0.3) is 0 Å². The van der Waals surface area contributed by atoms with Crippen molar-refractivity contribution in [2.75, 3.05) is 29.7 Å².